The zero-order valence-corrected chi connectivity index (χ0v) is 19.0. The summed E-state index contributed by atoms with van der Waals surface area (Å²) in [5.41, 5.74) is 2.51. The molecule has 2 unspecified atom stereocenters. The highest BCUT2D eigenvalue weighted by Crippen LogP contribution is 2.39. The van der Waals surface area contributed by atoms with Crippen LogP contribution in [0.4, 0.5) is 5.69 Å². The third kappa shape index (κ3) is 4.84. The first-order chi connectivity index (χ1) is 14.3. The van der Waals surface area contributed by atoms with Crippen molar-refractivity contribution < 1.29 is 13.7 Å². The molecule has 1 saturated carbocycles. The average Bonchev–Trinajstić information content (AvgIpc) is 2.72. The van der Waals surface area contributed by atoms with Crippen molar-refractivity contribution in [2.75, 3.05) is 37.9 Å². The van der Waals surface area contributed by atoms with Crippen molar-refractivity contribution >= 4 is 27.2 Å². The van der Waals surface area contributed by atoms with Crippen LogP contribution < -0.4 is 9.62 Å². The molecule has 3 atom stereocenters. The summed E-state index contributed by atoms with van der Waals surface area (Å²) in [7, 11) is -0.348. The van der Waals surface area contributed by atoms with E-state index in [1.54, 1.807) is 6.26 Å². The fraction of sp³-hybridized carbons (Fsp3) is 0.652. The molecule has 30 heavy (non-hydrogen) atoms. The standard InChI is InChI=1S/C23H35N3O3S/c1-25-15-23(27)26-14-6-8-20(24-30(2,3)28)22(26)16-29-18-12-10-17(11-13-18)19-7-4-5-9-21(19)25/h4-5,7,9,17-18,20,22H,2,6,8,10-16H2,1,3H3,(H,24,28)/t17?,18?,20-,22?,30?/m0/s1. The summed E-state index contributed by atoms with van der Waals surface area (Å²) in [5.74, 6) is 4.40. The summed E-state index contributed by atoms with van der Waals surface area (Å²) < 4.78 is 21.9. The van der Waals surface area contributed by atoms with Crippen molar-refractivity contribution in [3.05, 3.63) is 29.8 Å². The van der Waals surface area contributed by atoms with Crippen LogP contribution >= 0.6 is 0 Å². The van der Waals surface area contributed by atoms with Crippen molar-refractivity contribution in [2.24, 2.45) is 0 Å². The topological polar surface area (TPSA) is 61.9 Å². The van der Waals surface area contributed by atoms with Gasteiger partial charge in [0.15, 0.2) is 0 Å². The smallest absolute Gasteiger partial charge is 0.242 e. The minimum Gasteiger partial charge on any atom is -0.376 e. The second kappa shape index (κ2) is 8.89. The van der Waals surface area contributed by atoms with Crippen LogP contribution in [0.25, 0.3) is 0 Å². The number of rotatable bonds is 2. The molecular formula is C23H35N3O3S. The summed E-state index contributed by atoms with van der Waals surface area (Å²) in [4.78, 5) is 17.4. The molecule has 1 aromatic rings. The van der Waals surface area contributed by atoms with Gasteiger partial charge in [-0.15, -0.1) is 0 Å². The normalized spacial score (nSPS) is 32.3. The molecule has 166 valence electrons. The Labute approximate surface area is 181 Å². The number of nitrogens with one attached hydrogen (secondary N) is 1. The van der Waals surface area contributed by atoms with Gasteiger partial charge in [-0.05, 0) is 61.9 Å². The fourth-order valence-corrected chi connectivity index (χ4v) is 6.28. The van der Waals surface area contributed by atoms with Crippen molar-refractivity contribution in [2.45, 2.75) is 62.6 Å². The second-order valence-electron chi connectivity index (χ2n) is 9.25. The average molecular weight is 434 g/mol. The van der Waals surface area contributed by atoms with Crippen LogP contribution in [0.2, 0.25) is 0 Å². The first-order valence-corrected chi connectivity index (χ1v) is 13.3. The molecule has 1 aromatic carbocycles. The zero-order valence-electron chi connectivity index (χ0n) is 18.2. The minimum atomic E-state index is -2.36. The number of anilines is 1. The van der Waals surface area contributed by atoms with E-state index in [4.69, 9.17) is 4.74 Å². The lowest BCUT2D eigenvalue weighted by Crippen LogP contribution is -2.60. The van der Waals surface area contributed by atoms with Crippen LogP contribution in [-0.4, -0.2) is 72.1 Å². The lowest BCUT2D eigenvalue weighted by Gasteiger charge is -2.42. The number of piperidine rings is 1. The van der Waals surface area contributed by atoms with E-state index in [2.05, 4.69) is 39.8 Å². The van der Waals surface area contributed by atoms with Crippen LogP contribution in [0.3, 0.4) is 0 Å². The summed E-state index contributed by atoms with van der Waals surface area (Å²) in [6.07, 6.45) is 7.94. The number of nitrogens with zero attached hydrogens (tertiary/aromatic N) is 2. The number of carbonyl (C=O) groups excluding carboxylic acids is 1. The molecule has 1 aliphatic carbocycles. The lowest BCUT2D eigenvalue weighted by atomic mass is 9.82. The molecule has 3 aliphatic heterocycles. The number of carbonyl (C=O) groups is 1. The Morgan fingerprint density at radius 3 is 2.63 bits per heavy atom. The Bertz CT molecular complexity index is 864. The highest BCUT2D eigenvalue weighted by atomic mass is 32.2. The number of amides is 1. The summed E-state index contributed by atoms with van der Waals surface area (Å²) in [5, 5.41) is 0. The number of ether oxygens (including phenoxy) is 1. The van der Waals surface area contributed by atoms with Gasteiger partial charge in [0.2, 0.25) is 5.91 Å². The quantitative estimate of drug-likeness (QED) is 0.728. The molecule has 2 bridgehead atoms. The Morgan fingerprint density at radius 2 is 1.90 bits per heavy atom. The molecule has 1 N–H and O–H groups in total. The van der Waals surface area contributed by atoms with Gasteiger partial charge in [0, 0.05) is 41.3 Å². The van der Waals surface area contributed by atoms with Gasteiger partial charge in [0.25, 0.3) is 0 Å². The molecule has 6 nitrogen and oxygen atoms in total. The maximum absolute atomic E-state index is 13.4. The third-order valence-electron chi connectivity index (χ3n) is 6.84. The van der Waals surface area contributed by atoms with Crippen molar-refractivity contribution in [1.82, 2.24) is 9.62 Å². The van der Waals surface area contributed by atoms with E-state index >= 15 is 0 Å². The highest BCUT2D eigenvalue weighted by Gasteiger charge is 2.37. The van der Waals surface area contributed by atoms with Crippen molar-refractivity contribution in [3.8, 4) is 0 Å². The number of para-hydroxylation sites is 1. The summed E-state index contributed by atoms with van der Waals surface area (Å²) in [6, 6.07) is 8.35. The van der Waals surface area contributed by atoms with Crippen LogP contribution in [0, 0.1) is 0 Å². The maximum Gasteiger partial charge on any atom is 0.242 e. The number of fused-ring (bicyclic) bond motifs is 5. The van der Waals surface area contributed by atoms with E-state index in [0.717, 1.165) is 50.8 Å². The molecule has 1 amide bonds. The second-order valence-corrected chi connectivity index (χ2v) is 11.5. The lowest BCUT2D eigenvalue weighted by molar-refractivity contribution is -0.136. The van der Waals surface area contributed by atoms with Crippen LogP contribution in [0.5, 0.6) is 0 Å². The minimum absolute atomic E-state index is 0.0586. The predicted octanol–water partition coefficient (Wildman–Crippen LogP) is 2.39. The SMILES string of the molecule is C=S(C)(=O)N[C@H]1CCCN2C(=O)CN(C)c3ccccc3C3CCC(CC3)OCC12. The molecule has 0 aromatic heterocycles. The van der Waals surface area contributed by atoms with Gasteiger partial charge in [0.1, 0.15) is 0 Å². The molecule has 7 heteroatoms. The molecule has 5 rings (SSSR count). The van der Waals surface area contributed by atoms with Gasteiger partial charge in [-0.25, -0.2) is 4.72 Å². The Balaban J connectivity index is 1.65. The molecule has 0 spiro atoms. The number of hydrogen-bond donors (Lipinski definition) is 1. The van der Waals surface area contributed by atoms with Crippen LogP contribution in [-0.2, 0) is 19.2 Å². The fourth-order valence-electron chi connectivity index (χ4n) is 5.36. The molecule has 3 heterocycles. The largest absolute Gasteiger partial charge is 0.376 e. The van der Waals surface area contributed by atoms with E-state index in [-0.39, 0.29) is 24.1 Å². The van der Waals surface area contributed by atoms with Gasteiger partial charge in [-0.3, -0.25) is 9.00 Å². The van der Waals surface area contributed by atoms with Gasteiger partial charge < -0.3 is 14.5 Å². The van der Waals surface area contributed by atoms with E-state index < -0.39 is 9.71 Å². The van der Waals surface area contributed by atoms with Gasteiger partial charge >= 0.3 is 0 Å². The Hall–Kier alpha value is -1.57. The van der Waals surface area contributed by atoms with E-state index in [9.17, 15) is 9.00 Å². The molecule has 1 saturated heterocycles. The van der Waals surface area contributed by atoms with E-state index in [1.165, 1.54) is 5.56 Å². The number of likely N-dealkylation sites (N-methyl/N-ethyl adjacent to an activating group) is 1. The Morgan fingerprint density at radius 1 is 1.17 bits per heavy atom. The zero-order chi connectivity index (χ0) is 21.3. The molecule has 2 fully saturated rings. The van der Waals surface area contributed by atoms with Crippen molar-refractivity contribution in [1.29, 1.82) is 0 Å². The van der Waals surface area contributed by atoms with Crippen LogP contribution in [0.15, 0.2) is 24.3 Å². The Kier molecular flexibility index (Phi) is 6.42. The van der Waals surface area contributed by atoms with Crippen molar-refractivity contribution in [3.63, 3.8) is 0 Å². The summed E-state index contributed by atoms with van der Waals surface area (Å²) >= 11 is 0. The van der Waals surface area contributed by atoms with E-state index in [1.807, 2.05) is 11.9 Å². The molecule has 4 aliphatic rings. The molecule has 0 radical (unpaired) electrons. The third-order valence-corrected chi connectivity index (χ3v) is 7.64. The monoisotopic (exact) mass is 433 g/mol. The predicted molar refractivity (Wildman–Crippen MR) is 124 cm³/mol. The van der Waals surface area contributed by atoms with Gasteiger partial charge in [-0.1, -0.05) is 18.2 Å². The first-order valence-electron chi connectivity index (χ1n) is 11.1. The van der Waals surface area contributed by atoms with Gasteiger partial charge in [-0.2, -0.15) is 0 Å². The number of benzene rings is 1. The summed E-state index contributed by atoms with van der Waals surface area (Å²) in [6.45, 7) is 1.54. The maximum atomic E-state index is 13.4. The molecular weight excluding hydrogens is 398 g/mol. The van der Waals surface area contributed by atoms with Gasteiger partial charge in [0.05, 0.1) is 25.3 Å². The van der Waals surface area contributed by atoms with E-state index in [0.29, 0.717) is 19.1 Å². The number of hydrogen-bond acceptors (Lipinski definition) is 4. The van der Waals surface area contributed by atoms with Crippen LogP contribution in [0.1, 0.15) is 50.0 Å². The highest BCUT2D eigenvalue weighted by molar-refractivity contribution is 7.97. The first kappa shape index (κ1) is 21.7.